The molecule has 1 aliphatic rings. The van der Waals surface area contributed by atoms with Crippen LogP contribution in [0.2, 0.25) is 0 Å². The van der Waals surface area contributed by atoms with Gasteiger partial charge in [-0.1, -0.05) is 11.6 Å². The molecule has 1 aliphatic carbocycles. The van der Waals surface area contributed by atoms with Crippen molar-refractivity contribution < 1.29 is 4.52 Å². The van der Waals surface area contributed by atoms with E-state index in [1.807, 2.05) is 6.92 Å². The van der Waals surface area contributed by atoms with Crippen LogP contribution in [0.25, 0.3) is 0 Å². The second kappa shape index (κ2) is 3.36. The van der Waals surface area contributed by atoms with Crippen LogP contribution >= 0.6 is 0 Å². The van der Waals surface area contributed by atoms with Gasteiger partial charge in [0.1, 0.15) is 0 Å². The lowest BCUT2D eigenvalue weighted by Gasteiger charge is -2.31. The zero-order chi connectivity index (χ0) is 9.26. The van der Waals surface area contributed by atoms with Crippen molar-refractivity contribution in [3.05, 3.63) is 5.82 Å². The fourth-order valence-electron chi connectivity index (χ4n) is 1.61. The Kier molecular flexibility index (Phi) is 2.20. The number of nitrogens with zero attached hydrogens (tertiary/aromatic N) is 2. The number of hydrogen-bond donors (Lipinski definition) is 1. The molecule has 13 heavy (non-hydrogen) atoms. The topological polar surface area (TPSA) is 51.0 Å². The third kappa shape index (κ3) is 1.82. The van der Waals surface area contributed by atoms with Gasteiger partial charge in [-0.3, -0.25) is 0 Å². The largest absolute Gasteiger partial charge is 0.335 e. The molecule has 0 bridgehead atoms. The van der Waals surface area contributed by atoms with E-state index in [0.29, 0.717) is 17.9 Å². The number of hydrogen-bond acceptors (Lipinski definition) is 4. The Morgan fingerprint density at radius 3 is 2.77 bits per heavy atom. The van der Waals surface area contributed by atoms with Crippen LogP contribution < -0.4 is 5.32 Å². The molecule has 1 atom stereocenters. The Morgan fingerprint density at radius 1 is 1.54 bits per heavy atom. The first-order valence-corrected chi connectivity index (χ1v) is 4.82. The van der Waals surface area contributed by atoms with Crippen LogP contribution in [0.15, 0.2) is 4.52 Å². The second-order valence-electron chi connectivity index (χ2n) is 3.77. The first-order valence-electron chi connectivity index (χ1n) is 4.82. The zero-order valence-corrected chi connectivity index (χ0v) is 8.08. The maximum Gasteiger partial charge on any atom is 0.321 e. The van der Waals surface area contributed by atoms with Gasteiger partial charge in [0.2, 0.25) is 0 Å². The molecule has 0 aromatic carbocycles. The van der Waals surface area contributed by atoms with Gasteiger partial charge in [0.15, 0.2) is 5.82 Å². The van der Waals surface area contributed by atoms with E-state index in [-0.39, 0.29) is 0 Å². The van der Waals surface area contributed by atoms with Gasteiger partial charge in [-0.05, 0) is 32.6 Å². The summed E-state index contributed by atoms with van der Waals surface area (Å²) < 4.78 is 4.98. The molecule has 1 saturated carbocycles. The first-order chi connectivity index (χ1) is 6.25. The monoisotopic (exact) mass is 181 g/mol. The van der Waals surface area contributed by atoms with Crippen LogP contribution in [0.1, 0.15) is 32.0 Å². The predicted molar refractivity (Wildman–Crippen MR) is 49.5 cm³/mol. The van der Waals surface area contributed by atoms with Crippen molar-refractivity contribution in [3.8, 4) is 0 Å². The lowest BCUT2D eigenvalue weighted by Crippen LogP contribution is -2.30. The van der Waals surface area contributed by atoms with Crippen molar-refractivity contribution in [3.63, 3.8) is 0 Å². The number of nitrogens with one attached hydrogen (secondary N) is 1. The molecular weight excluding hydrogens is 166 g/mol. The highest BCUT2D eigenvalue weighted by Gasteiger charge is 2.24. The van der Waals surface area contributed by atoms with Crippen molar-refractivity contribution in [1.82, 2.24) is 10.1 Å². The molecule has 1 aromatic heterocycles. The van der Waals surface area contributed by atoms with E-state index < -0.39 is 0 Å². The molecule has 1 aromatic rings. The molecule has 0 saturated heterocycles. The van der Waals surface area contributed by atoms with Crippen molar-refractivity contribution >= 4 is 6.01 Å². The van der Waals surface area contributed by atoms with Crippen molar-refractivity contribution in [2.24, 2.45) is 5.92 Å². The highest BCUT2D eigenvalue weighted by atomic mass is 16.5. The van der Waals surface area contributed by atoms with E-state index in [1.165, 1.54) is 19.3 Å². The quantitative estimate of drug-likeness (QED) is 0.774. The summed E-state index contributed by atoms with van der Waals surface area (Å²) >= 11 is 0. The highest BCUT2D eigenvalue weighted by Crippen LogP contribution is 2.30. The van der Waals surface area contributed by atoms with E-state index in [0.717, 1.165) is 5.92 Å². The van der Waals surface area contributed by atoms with Crippen LogP contribution in [0, 0.1) is 12.8 Å². The smallest absolute Gasteiger partial charge is 0.321 e. The summed E-state index contributed by atoms with van der Waals surface area (Å²) in [5, 5.41) is 6.95. The van der Waals surface area contributed by atoms with Crippen LogP contribution in [0.4, 0.5) is 6.01 Å². The first kappa shape index (κ1) is 8.53. The van der Waals surface area contributed by atoms with E-state index in [4.69, 9.17) is 4.52 Å². The second-order valence-corrected chi connectivity index (χ2v) is 3.77. The summed E-state index contributed by atoms with van der Waals surface area (Å²) in [7, 11) is 0. The van der Waals surface area contributed by atoms with Gasteiger partial charge in [-0.15, -0.1) is 0 Å². The molecule has 1 N–H and O–H groups in total. The van der Waals surface area contributed by atoms with Crippen LogP contribution in [0.5, 0.6) is 0 Å². The molecule has 1 heterocycles. The molecule has 0 spiro atoms. The fourth-order valence-corrected chi connectivity index (χ4v) is 1.61. The van der Waals surface area contributed by atoms with E-state index in [2.05, 4.69) is 22.4 Å². The summed E-state index contributed by atoms with van der Waals surface area (Å²) in [6.07, 6.45) is 4.00. The molecular formula is C9H15N3O. The molecule has 0 aliphatic heterocycles. The molecule has 72 valence electrons. The Hall–Kier alpha value is -1.06. The van der Waals surface area contributed by atoms with Gasteiger partial charge in [-0.25, -0.2) is 0 Å². The van der Waals surface area contributed by atoms with Crippen molar-refractivity contribution in [1.29, 1.82) is 0 Å². The maximum atomic E-state index is 4.98. The maximum absolute atomic E-state index is 4.98. The lowest BCUT2D eigenvalue weighted by molar-refractivity contribution is 0.280. The molecule has 0 amide bonds. The van der Waals surface area contributed by atoms with Gasteiger partial charge in [0.05, 0.1) is 0 Å². The number of aryl methyl sites for hydroxylation is 1. The Bertz CT molecular complexity index is 280. The minimum atomic E-state index is 0.452. The molecule has 1 fully saturated rings. The van der Waals surface area contributed by atoms with Crippen LogP contribution in [-0.2, 0) is 0 Å². The average molecular weight is 181 g/mol. The number of anilines is 1. The van der Waals surface area contributed by atoms with Gasteiger partial charge in [0, 0.05) is 6.04 Å². The van der Waals surface area contributed by atoms with E-state index in [9.17, 15) is 0 Å². The molecule has 2 rings (SSSR count). The Balaban J connectivity index is 1.89. The summed E-state index contributed by atoms with van der Waals surface area (Å²) in [5.74, 6) is 1.47. The van der Waals surface area contributed by atoms with Crippen LogP contribution in [-0.4, -0.2) is 16.2 Å². The fraction of sp³-hybridized carbons (Fsp3) is 0.778. The number of rotatable bonds is 3. The third-order valence-corrected chi connectivity index (χ3v) is 2.74. The molecule has 4 nitrogen and oxygen atoms in total. The summed E-state index contributed by atoms with van der Waals surface area (Å²) in [4.78, 5) is 4.10. The SMILES string of the molecule is Cc1noc(NC(C)C2CCC2)n1. The average Bonchev–Trinajstić information content (AvgIpc) is 2.31. The molecule has 4 heteroatoms. The van der Waals surface area contributed by atoms with E-state index in [1.54, 1.807) is 0 Å². The van der Waals surface area contributed by atoms with E-state index >= 15 is 0 Å². The van der Waals surface area contributed by atoms with Crippen LogP contribution in [0.3, 0.4) is 0 Å². The highest BCUT2D eigenvalue weighted by molar-refractivity contribution is 5.20. The third-order valence-electron chi connectivity index (χ3n) is 2.74. The zero-order valence-electron chi connectivity index (χ0n) is 8.08. The Morgan fingerprint density at radius 2 is 2.31 bits per heavy atom. The van der Waals surface area contributed by atoms with Gasteiger partial charge < -0.3 is 9.84 Å². The standard InChI is InChI=1S/C9H15N3O/c1-6(8-4-3-5-8)10-9-11-7(2)12-13-9/h6,8H,3-5H2,1-2H3,(H,10,11,12). The minimum Gasteiger partial charge on any atom is -0.335 e. The predicted octanol–water partition coefficient (Wildman–Crippen LogP) is 1.98. The molecule has 1 unspecified atom stereocenters. The minimum absolute atomic E-state index is 0.452. The van der Waals surface area contributed by atoms with Crippen molar-refractivity contribution in [2.45, 2.75) is 39.2 Å². The summed E-state index contributed by atoms with van der Waals surface area (Å²) in [5.41, 5.74) is 0. The molecule has 0 radical (unpaired) electrons. The number of aromatic nitrogens is 2. The normalized spacial score (nSPS) is 19.5. The lowest BCUT2D eigenvalue weighted by atomic mass is 9.80. The summed E-state index contributed by atoms with van der Waals surface area (Å²) in [6, 6.07) is 1.01. The van der Waals surface area contributed by atoms with Crippen molar-refractivity contribution in [2.75, 3.05) is 5.32 Å². The van der Waals surface area contributed by atoms with Gasteiger partial charge >= 0.3 is 6.01 Å². The Labute approximate surface area is 77.7 Å². The summed E-state index contributed by atoms with van der Waals surface area (Å²) in [6.45, 7) is 3.99. The van der Waals surface area contributed by atoms with Gasteiger partial charge in [0.25, 0.3) is 0 Å². The van der Waals surface area contributed by atoms with Gasteiger partial charge in [-0.2, -0.15) is 4.98 Å².